The number of benzene rings is 3. The number of fused-ring (bicyclic) bond motifs is 4. The summed E-state index contributed by atoms with van der Waals surface area (Å²) in [6, 6.07) is 21.3. The third kappa shape index (κ3) is 3.87. The average Bonchev–Trinajstić information content (AvgIpc) is 3.11. The number of para-hydroxylation sites is 2. The number of pyridine rings is 1. The van der Waals surface area contributed by atoms with Crippen molar-refractivity contribution in [3.05, 3.63) is 72.8 Å². The number of anilines is 2. The Morgan fingerprint density at radius 3 is 2.23 bits per heavy atom. The van der Waals surface area contributed by atoms with Crippen LogP contribution in [0.25, 0.3) is 33.0 Å². The van der Waals surface area contributed by atoms with Crippen LogP contribution in [0, 0.1) is 0 Å². The molecular weight excluding hydrogens is 520 g/mol. The van der Waals surface area contributed by atoms with Crippen LogP contribution in [0.5, 0.6) is 5.75 Å². The summed E-state index contributed by atoms with van der Waals surface area (Å²) >= 11 is 0. The van der Waals surface area contributed by atoms with Crippen molar-refractivity contribution in [1.82, 2.24) is 0 Å². The van der Waals surface area contributed by atoms with Crippen LogP contribution in [0.15, 0.2) is 77.2 Å². The molecule has 4 nitrogen and oxygen atoms in total. The minimum Gasteiger partial charge on any atom is -1.00 e. The Hall–Kier alpha value is -3.01. The van der Waals surface area contributed by atoms with E-state index in [-0.39, 0.29) is 29.7 Å². The fourth-order valence-electron chi connectivity index (χ4n) is 3.76. The average molecular weight is 536 g/mol. The first-order valence-electron chi connectivity index (χ1n) is 9.25. The quantitative estimate of drug-likeness (QED) is 0.285. The molecule has 0 bridgehead atoms. The minimum atomic E-state index is -4.72. The van der Waals surface area contributed by atoms with E-state index in [1.807, 2.05) is 55.6 Å². The third-order valence-corrected chi connectivity index (χ3v) is 5.02. The van der Waals surface area contributed by atoms with Crippen molar-refractivity contribution in [3.8, 4) is 5.75 Å². The van der Waals surface area contributed by atoms with Crippen LogP contribution >= 0.6 is 0 Å². The molecule has 0 radical (unpaired) electrons. The van der Waals surface area contributed by atoms with Gasteiger partial charge < -0.3 is 38.4 Å². The molecule has 0 saturated carbocycles. The summed E-state index contributed by atoms with van der Waals surface area (Å²) in [5.41, 5.74) is 4.73. The molecule has 1 N–H and O–H groups in total. The van der Waals surface area contributed by atoms with E-state index in [4.69, 9.17) is 4.42 Å². The van der Waals surface area contributed by atoms with Crippen LogP contribution in [0.2, 0.25) is 0 Å². The lowest BCUT2D eigenvalue weighted by atomic mass is 10.1. The molecule has 0 saturated heterocycles. The van der Waals surface area contributed by atoms with Gasteiger partial charge in [0.25, 0.3) is 5.52 Å². The second-order valence-electron chi connectivity index (χ2n) is 6.92. The third-order valence-electron chi connectivity index (χ3n) is 5.02. The van der Waals surface area contributed by atoms with Gasteiger partial charge in [-0.25, -0.2) is 0 Å². The maximum atomic E-state index is 12.4. The number of ether oxygens (including phenoxy) is 1. The number of aromatic nitrogens is 1. The van der Waals surface area contributed by atoms with Crippen LogP contribution in [-0.2, 0) is 7.05 Å². The molecule has 0 aliphatic rings. The summed E-state index contributed by atoms with van der Waals surface area (Å²) in [6.07, 6.45) is -4.72. The molecule has 8 heteroatoms. The SMILES string of the molecule is C[n+]1c2ccccc2c(Nc2ccc(OC(F)(F)F)cc2)c2oc3ccccc3c21.[I-]. The minimum absolute atomic E-state index is 0. The topological polar surface area (TPSA) is 38.3 Å². The number of halogens is 4. The molecule has 3 aromatic carbocycles. The molecule has 0 amide bonds. The maximum absolute atomic E-state index is 12.4. The van der Waals surface area contributed by atoms with Crippen molar-refractivity contribution in [3.63, 3.8) is 0 Å². The van der Waals surface area contributed by atoms with Crippen molar-refractivity contribution in [1.29, 1.82) is 0 Å². The smallest absolute Gasteiger partial charge is 0.573 e. The zero-order chi connectivity index (χ0) is 20.9. The monoisotopic (exact) mass is 536 g/mol. The van der Waals surface area contributed by atoms with Crippen LogP contribution in [0.4, 0.5) is 24.5 Å². The molecule has 5 aromatic rings. The van der Waals surface area contributed by atoms with Crippen LogP contribution < -0.4 is 38.6 Å². The summed E-state index contributed by atoms with van der Waals surface area (Å²) in [5.74, 6) is -0.272. The second kappa shape index (κ2) is 7.92. The van der Waals surface area contributed by atoms with E-state index in [1.165, 1.54) is 24.3 Å². The summed E-state index contributed by atoms with van der Waals surface area (Å²) in [7, 11) is 1.99. The van der Waals surface area contributed by atoms with Gasteiger partial charge in [-0.3, -0.25) is 0 Å². The van der Waals surface area contributed by atoms with Crippen molar-refractivity contribution in [2.75, 3.05) is 5.32 Å². The van der Waals surface area contributed by atoms with Gasteiger partial charge in [0.2, 0.25) is 11.1 Å². The molecule has 31 heavy (non-hydrogen) atoms. The summed E-state index contributed by atoms with van der Waals surface area (Å²) < 4.78 is 49.5. The number of hydrogen-bond donors (Lipinski definition) is 1. The Labute approximate surface area is 192 Å². The molecule has 0 atom stereocenters. The number of nitrogens with one attached hydrogen (secondary N) is 1. The molecule has 5 rings (SSSR count). The Morgan fingerprint density at radius 1 is 0.871 bits per heavy atom. The first-order chi connectivity index (χ1) is 14.4. The van der Waals surface area contributed by atoms with Gasteiger partial charge in [-0.15, -0.1) is 13.2 Å². The summed E-state index contributed by atoms with van der Waals surface area (Å²) in [4.78, 5) is 0. The highest BCUT2D eigenvalue weighted by Gasteiger charge is 2.31. The van der Waals surface area contributed by atoms with Gasteiger partial charge in [-0.2, -0.15) is 4.57 Å². The van der Waals surface area contributed by atoms with Gasteiger partial charge in [0.05, 0.1) is 10.8 Å². The Morgan fingerprint density at radius 2 is 1.52 bits per heavy atom. The maximum Gasteiger partial charge on any atom is 0.573 e. The van der Waals surface area contributed by atoms with E-state index >= 15 is 0 Å². The Kier molecular flexibility index (Phi) is 5.42. The molecule has 0 unspecified atom stereocenters. The molecule has 0 fully saturated rings. The van der Waals surface area contributed by atoms with Crippen LogP contribution in [0.1, 0.15) is 0 Å². The summed E-state index contributed by atoms with van der Waals surface area (Å²) in [6.45, 7) is 0. The number of aryl methyl sites for hydroxylation is 1. The van der Waals surface area contributed by atoms with Crippen molar-refractivity contribution in [2.24, 2.45) is 7.05 Å². The predicted octanol–water partition coefficient (Wildman–Crippen LogP) is 3.21. The first-order valence-corrected chi connectivity index (χ1v) is 9.25. The Balaban J connectivity index is 0.00000231. The van der Waals surface area contributed by atoms with E-state index in [0.29, 0.717) is 11.3 Å². The predicted molar refractivity (Wildman–Crippen MR) is 109 cm³/mol. The van der Waals surface area contributed by atoms with Gasteiger partial charge in [0.1, 0.15) is 24.1 Å². The standard InChI is InChI=1S/C23H15F3N2O2.HI/c1-28-18-8-4-2-6-16(18)20(22-21(28)17-7-3-5-9-19(17)29-22)27-14-10-12-15(13-11-14)30-23(24,25)26;/h2-13H,1H3;1H. The number of hydrogen-bond acceptors (Lipinski definition) is 3. The number of alkyl halides is 3. The lowest BCUT2D eigenvalue weighted by molar-refractivity contribution is -0.616. The van der Waals surface area contributed by atoms with E-state index in [2.05, 4.69) is 14.6 Å². The number of nitrogens with zero attached hydrogens (tertiary/aromatic N) is 1. The van der Waals surface area contributed by atoms with E-state index in [0.717, 1.165) is 33.1 Å². The normalized spacial score (nSPS) is 11.6. The number of furan rings is 1. The van der Waals surface area contributed by atoms with Gasteiger partial charge in [0.15, 0.2) is 0 Å². The largest absolute Gasteiger partial charge is 1.00 e. The molecule has 0 spiro atoms. The number of rotatable bonds is 3. The fourth-order valence-corrected chi connectivity index (χ4v) is 3.76. The molecule has 0 aliphatic carbocycles. The molecule has 158 valence electrons. The molecular formula is C23H16F3IN2O2. The zero-order valence-corrected chi connectivity index (χ0v) is 18.4. The van der Waals surface area contributed by atoms with Crippen LogP contribution in [-0.4, -0.2) is 6.36 Å². The van der Waals surface area contributed by atoms with Crippen molar-refractivity contribution in [2.45, 2.75) is 6.36 Å². The van der Waals surface area contributed by atoms with Crippen molar-refractivity contribution >= 4 is 44.3 Å². The molecule has 0 aliphatic heterocycles. The highest BCUT2D eigenvalue weighted by Crippen LogP contribution is 2.37. The molecule has 2 aromatic heterocycles. The van der Waals surface area contributed by atoms with Crippen LogP contribution in [0.3, 0.4) is 0 Å². The fraction of sp³-hybridized carbons (Fsp3) is 0.0870. The first kappa shape index (κ1) is 21.2. The van der Waals surface area contributed by atoms with Gasteiger partial charge >= 0.3 is 6.36 Å². The van der Waals surface area contributed by atoms with Gasteiger partial charge in [-0.1, -0.05) is 24.3 Å². The highest BCUT2D eigenvalue weighted by molar-refractivity contribution is 6.11. The summed E-state index contributed by atoms with van der Waals surface area (Å²) in [5, 5.41) is 5.24. The van der Waals surface area contributed by atoms with E-state index < -0.39 is 6.36 Å². The van der Waals surface area contributed by atoms with E-state index in [9.17, 15) is 13.2 Å². The second-order valence-corrected chi connectivity index (χ2v) is 6.92. The van der Waals surface area contributed by atoms with Gasteiger partial charge in [-0.05, 0) is 42.5 Å². The van der Waals surface area contributed by atoms with E-state index in [1.54, 1.807) is 0 Å². The Bertz CT molecular complexity index is 1400. The highest BCUT2D eigenvalue weighted by atomic mass is 127. The molecule has 2 heterocycles. The lowest BCUT2D eigenvalue weighted by Crippen LogP contribution is -3.00. The lowest BCUT2D eigenvalue weighted by Gasteiger charge is -2.12. The van der Waals surface area contributed by atoms with Crippen molar-refractivity contribution < 1.29 is 50.9 Å². The van der Waals surface area contributed by atoms with Gasteiger partial charge in [0, 0.05) is 11.8 Å². The zero-order valence-electron chi connectivity index (χ0n) is 16.2.